The Hall–Kier alpha value is -1.81. The molecule has 4 heteroatoms. The third-order valence-electron chi connectivity index (χ3n) is 3.89. The van der Waals surface area contributed by atoms with E-state index in [1.807, 2.05) is 18.2 Å². The Kier molecular flexibility index (Phi) is 5.81. The van der Waals surface area contributed by atoms with E-state index < -0.39 is 6.09 Å². The minimum Gasteiger partial charge on any atom is -0.465 e. The van der Waals surface area contributed by atoms with Gasteiger partial charge < -0.3 is 15.3 Å². The summed E-state index contributed by atoms with van der Waals surface area (Å²) in [6, 6.07) is 10.5. The van der Waals surface area contributed by atoms with Gasteiger partial charge in [-0.05, 0) is 38.3 Å². The Labute approximate surface area is 126 Å². The predicted octanol–water partition coefficient (Wildman–Crippen LogP) is 3.21. The van der Waals surface area contributed by atoms with Crippen molar-refractivity contribution < 1.29 is 9.90 Å². The molecule has 1 amide bonds. The van der Waals surface area contributed by atoms with Gasteiger partial charge in [-0.15, -0.1) is 0 Å². The van der Waals surface area contributed by atoms with Crippen LogP contribution in [0.3, 0.4) is 0 Å². The first kappa shape index (κ1) is 15.6. The van der Waals surface area contributed by atoms with Crippen molar-refractivity contribution in [2.75, 3.05) is 19.6 Å². The molecule has 1 aliphatic heterocycles. The summed E-state index contributed by atoms with van der Waals surface area (Å²) in [4.78, 5) is 12.6. The van der Waals surface area contributed by atoms with Crippen LogP contribution in [0.15, 0.2) is 35.9 Å². The lowest BCUT2D eigenvalue weighted by atomic mass is 10.1. The number of carbonyl (C=O) groups is 1. The normalized spacial score (nSPS) is 19.0. The van der Waals surface area contributed by atoms with Crippen molar-refractivity contribution in [2.24, 2.45) is 0 Å². The molecule has 1 aromatic rings. The van der Waals surface area contributed by atoms with Crippen molar-refractivity contribution in [3.8, 4) is 0 Å². The fraction of sp³-hybridized carbons (Fsp3) is 0.471. The van der Waals surface area contributed by atoms with Gasteiger partial charge in [-0.2, -0.15) is 0 Å². The second kappa shape index (κ2) is 7.84. The topological polar surface area (TPSA) is 52.6 Å². The van der Waals surface area contributed by atoms with Crippen LogP contribution in [0.1, 0.15) is 31.7 Å². The summed E-state index contributed by atoms with van der Waals surface area (Å²) in [7, 11) is 0. The highest BCUT2D eigenvalue weighted by molar-refractivity contribution is 5.65. The van der Waals surface area contributed by atoms with Crippen molar-refractivity contribution >= 4 is 12.2 Å². The molecule has 1 aliphatic rings. The van der Waals surface area contributed by atoms with Crippen molar-refractivity contribution in [3.63, 3.8) is 0 Å². The average Bonchev–Trinajstić information content (AvgIpc) is 2.93. The SMILES string of the molecule is CC(=Cc1ccccc1)CNCC[C@H]1CCCN1C(=O)O. The molecule has 114 valence electrons. The molecular formula is C17H24N2O2. The lowest BCUT2D eigenvalue weighted by Gasteiger charge is -2.21. The van der Waals surface area contributed by atoms with E-state index in [0.29, 0.717) is 6.54 Å². The van der Waals surface area contributed by atoms with E-state index in [9.17, 15) is 4.79 Å². The van der Waals surface area contributed by atoms with Gasteiger partial charge in [0.15, 0.2) is 0 Å². The molecule has 1 atom stereocenters. The maximum atomic E-state index is 11.1. The fourth-order valence-electron chi connectivity index (χ4n) is 2.83. The molecule has 0 radical (unpaired) electrons. The van der Waals surface area contributed by atoms with Gasteiger partial charge >= 0.3 is 6.09 Å². The lowest BCUT2D eigenvalue weighted by Crippen LogP contribution is -2.36. The fourth-order valence-corrected chi connectivity index (χ4v) is 2.83. The third-order valence-corrected chi connectivity index (χ3v) is 3.89. The Morgan fingerprint density at radius 1 is 1.43 bits per heavy atom. The van der Waals surface area contributed by atoms with Crippen LogP contribution >= 0.6 is 0 Å². The molecule has 4 nitrogen and oxygen atoms in total. The molecular weight excluding hydrogens is 264 g/mol. The van der Waals surface area contributed by atoms with Gasteiger partial charge in [-0.25, -0.2) is 4.79 Å². The molecule has 2 N–H and O–H groups in total. The standard InChI is InChI=1S/C17H24N2O2/c1-14(12-15-6-3-2-4-7-15)13-18-10-9-16-8-5-11-19(16)17(20)21/h2-4,6-7,12,16,18H,5,8-11,13H2,1H3,(H,20,21)/t16-/m1/s1. The second-order valence-corrected chi connectivity index (χ2v) is 5.64. The molecule has 0 unspecified atom stereocenters. The lowest BCUT2D eigenvalue weighted by molar-refractivity contribution is 0.138. The molecule has 21 heavy (non-hydrogen) atoms. The minimum absolute atomic E-state index is 0.188. The molecule has 2 rings (SSSR count). The highest BCUT2D eigenvalue weighted by Crippen LogP contribution is 2.19. The minimum atomic E-state index is -0.780. The number of hydrogen-bond donors (Lipinski definition) is 2. The molecule has 0 spiro atoms. The number of amides is 1. The average molecular weight is 288 g/mol. The van der Waals surface area contributed by atoms with Crippen LogP contribution in [-0.2, 0) is 0 Å². The van der Waals surface area contributed by atoms with E-state index in [4.69, 9.17) is 5.11 Å². The van der Waals surface area contributed by atoms with E-state index in [0.717, 1.165) is 32.4 Å². The number of carboxylic acid groups (broad SMARTS) is 1. The smallest absolute Gasteiger partial charge is 0.407 e. The van der Waals surface area contributed by atoms with Crippen LogP contribution in [0.4, 0.5) is 4.79 Å². The summed E-state index contributed by atoms with van der Waals surface area (Å²) in [5, 5.41) is 12.5. The van der Waals surface area contributed by atoms with Crippen molar-refractivity contribution in [3.05, 3.63) is 41.5 Å². The first-order valence-corrected chi connectivity index (χ1v) is 7.59. The predicted molar refractivity (Wildman–Crippen MR) is 85.3 cm³/mol. The highest BCUT2D eigenvalue weighted by atomic mass is 16.4. The van der Waals surface area contributed by atoms with Crippen LogP contribution in [0.25, 0.3) is 6.08 Å². The van der Waals surface area contributed by atoms with Gasteiger partial charge in [0.05, 0.1) is 0 Å². The van der Waals surface area contributed by atoms with E-state index in [2.05, 4.69) is 30.4 Å². The Morgan fingerprint density at radius 2 is 2.19 bits per heavy atom. The highest BCUT2D eigenvalue weighted by Gasteiger charge is 2.27. The van der Waals surface area contributed by atoms with Crippen molar-refractivity contribution in [2.45, 2.75) is 32.2 Å². The van der Waals surface area contributed by atoms with E-state index >= 15 is 0 Å². The van der Waals surface area contributed by atoms with Gasteiger partial charge in [0, 0.05) is 19.1 Å². The van der Waals surface area contributed by atoms with Gasteiger partial charge in [0.2, 0.25) is 0 Å². The summed E-state index contributed by atoms with van der Waals surface area (Å²) in [5.41, 5.74) is 2.49. The van der Waals surface area contributed by atoms with Gasteiger partial charge in [0.1, 0.15) is 0 Å². The van der Waals surface area contributed by atoms with Gasteiger partial charge in [-0.3, -0.25) is 0 Å². The van der Waals surface area contributed by atoms with Crippen molar-refractivity contribution in [1.29, 1.82) is 0 Å². The first-order chi connectivity index (χ1) is 10.2. The van der Waals surface area contributed by atoms with Crippen LogP contribution in [-0.4, -0.2) is 41.8 Å². The summed E-state index contributed by atoms with van der Waals surface area (Å²) in [6.07, 6.45) is 4.27. The zero-order valence-corrected chi connectivity index (χ0v) is 12.6. The second-order valence-electron chi connectivity index (χ2n) is 5.64. The zero-order valence-electron chi connectivity index (χ0n) is 12.6. The number of nitrogens with one attached hydrogen (secondary N) is 1. The van der Waals surface area contributed by atoms with Crippen LogP contribution < -0.4 is 5.32 Å². The number of benzene rings is 1. The molecule has 1 saturated heterocycles. The summed E-state index contributed by atoms with van der Waals surface area (Å²) in [5.74, 6) is 0. The number of likely N-dealkylation sites (tertiary alicyclic amines) is 1. The van der Waals surface area contributed by atoms with Crippen LogP contribution in [0.5, 0.6) is 0 Å². The van der Waals surface area contributed by atoms with Crippen LogP contribution in [0.2, 0.25) is 0 Å². The van der Waals surface area contributed by atoms with E-state index in [1.54, 1.807) is 4.90 Å². The molecule has 1 fully saturated rings. The maximum absolute atomic E-state index is 11.1. The molecule has 0 saturated carbocycles. The maximum Gasteiger partial charge on any atom is 0.407 e. The summed E-state index contributed by atoms with van der Waals surface area (Å²) < 4.78 is 0. The molecule has 0 aromatic heterocycles. The summed E-state index contributed by atoms with van der Waals surface area (Å²) >= 11 is 0. The Morgan fingerprint density at radius 3 is 2.90 bits per heavy atom. The Balaban J connectivity index is 1.70. The molecule has 0 aliphatic carbocycles. The Bertz CT molecular complexity index is 485. The summed E-state index contributed by atoms with van der Waals surface area (Å²) in [6.45, 7) is 4.50. The molecule has 1 aromatic carbocycles. The third kappa shape index (κ3) is 4.90. The molecule has 0 bridgehead atoms. The largest absolute Gasteiger partial charge is 0.465 e. The number of hydrogen-bond acceptors (Lipinski definition) is 2. The monoisotopic (exact) mass is 288 g/mol. The molecule has 1 heterocycles. The van der Waals surface area contributed by atoms with Crippen LogP contribution in [0, 0.1) is 0 Å². The first-order valence-electron chi connectivity index (χ1n) is 7.59. The zero-order chi connectivity index (χ0) is 15.1. The quantitative estimate of drug-likeness (QED) is 0.790. The van der Waals surface area contributed by atoms with Crippen molar-refractivity contribution in [1.82, 2.24) is 10.2 Å². The number of nitrogens with zero attached hydrogens (tertiary/aromatic N) is 1. The van der Waals surface area contributed by atoms with Gasteiger partial charge in [0.25, 0.3) is 0 Å². The number of rotatable bonds is 6. The van der Waals surface area contributed by atoms with E-state index in [-0.39, 0.29) is 6.04 Å². The van der Waals surface area contributed by atoms with E-state index in [1.165, 1.54) is 11.1 Å². The van der Waals surface area contributed by atoms with Gasteiger partial charge in [-0.1, -0.05) is 42.0 Å².